The second kappa shape index (κ2) is 23.0. The van der Waals surface area contributed by atoms with Gasteiger partial charge in [-0.25, -0.2) is 16.8 Å². The van der Waals surface area contributed by atoms with E-state index >= 15 is 0 Å². The van der Waals surface area contributed by atoms with Crippen LogP contribution in [-0.4, -0.2) is 164 Å². The summed E-state index contributed by atoms with van der Waals surface area (Å²) in [6.07, 6.45) is 1.21. The molecule has 22 nitrogen and oxygen atoms in total. The summed E-state index contributed by atoms with van der Waals surface area (Å²) < 4.78 is 63.9. The quantitative estimate of drug-likeness (QED) is 0.0879. The molecule has 0 bridgehead atoms. The largest absolute Gasteiger partial charge is 0.391 e. The standard InChI is InChI=1S/2C27H35N5O6S/c2*1-18(33)15-38-17-26(2,3)39(36,37)27(10-11-27)16-32-12-9-21-22(30-31(4)23(21)25(32)35)24(34)29-14-20-7-5-19(13-28)6-8-20/h2*5-8,18,33H,9-12,14-17H2,1-4H3,(H,29,34). The molecule has 4 amide bonds. The van der Waals surface area contributed by atoms with Gasteiger partial charge >= 0.3 is 0 Å². The van der Waals surface area contributed by atoms with Crippen LogP contribution in [0.15, 0.2) is 48.5 Å². The molecule has 2 atom stereocenters. The van der Waals surface area contributed by atoms with Gasteiger partial charge in [0.05, 0.1) is 80.9 Å². The molecule has 4 aliphatic rings. The predicted octanol–water partition coefficient (Wildman–Crippen LogP) is 2.69. The SMILES string of the molecule is CC(O)COCC(C)(C)S(=O)(=O)C1(CN2CCc3c(C(=O)NCc4ccc(C#N)cc4)nn(C)c3C2=O)CC1.CC(O)COCC(C)(C)S(=O)(=O)C1(CN2CCc3c(C(=O)NCc4ccc(C#N)cc4)nn(C)c3C2=O)CC1. The molecule has 2 saturated carbocycles. The van der Waals surface area contributed by atoms with E-state index < -0.39 is 62.7 Å². The fourth-order valence-electron chi connectivity index (χ4n) is 10.0. The summed E-state index contributed by atoms with van der Waals surface area (Å²) in [5, 5.41) is 51.1. The zero-order valence-corrected chi connectivity index (χ0v) is 47.1. The molecule has 4 N–H and O–H groups in total. The molecule has 2 aromatic heterocycles. The molecular weight excluding hydrogens is 1040 g/mol. The normalized spacial score (nSPS) is 17.3. The van der Waals surface area contributed by atoms with Crippen molar-refractivity contribution >= 4 is 43.3 Å². The lowest BCUT2D eigenvalue weighted by atomic mass is 10.0. The topological polar surface area (TPSA) is 309 Å². The van der Waals surface area contributed by atoms with Crippen LogP contribution in [-0.2, 0) is 69.2 Å². The maximum absolute atomic E-state index is 13.7. The molecule has 78 heavy (non-hydrogen) atoms. The number of rotatable bonds is 22. The number of hydrogen-bond donors (Lipinski definition) is 4. The fraction of sp³-hybridized carbons (Fsp3) is 0.556. The first-order chi connectivity index (χ1) is 36.6. The Hall–Kier alpha value is -6.54. The second-order valence-electron chi connectivity index (χ2n) is 22.2. The lowest BCUT2D eigenvalue weighted by Gasteiger charge is -2.35. The lowest BCUT2D eigenvalue weighted by molar-refractivity contribution is 0.0379. The second-order valence-corrected chi connectivity index (χ2v) is 28.1. The Bertz CT molecular complexity index is 3020. The highest BCUT2D eigenvalue weighted by Gasteiger charge is 2.62. The van der Waals surface area contributed by atoms with Gasteiger partial charge in [0.1, 0.15) is 11.4 Å². The van der Waals surface area contributed by atoms with E-state index in [4.69, 9.17) is 20.0 Å². The van der Waals surface area contributed by atoms with E-state index in [1.807, 2.05) is 0 Å². The lowest BCUT2D eigenvalue weighted by Crippen LogP contribution is -2.52. The van der Waals surface area contributed by atoms with Gasteiger partial charge in [-0.05, 0) is 115 Å². The molecule has 0 radical (unpaired) electrons. The van der Waals surface area contributed by atoms with Gasteiger partial charge in [0, 0.05) is 64.5 Å². The molecule has 8 rings (SSSR count). The van der Waals surface area contributed by atoms with Gasteiger partial charge in [-0.15, -0.1) is 0 Å². The summed E-state index contributed by atoms with van der Waals surface area (Å²) in [6.45, 7) is 10.8. The summed E-state index contributed by atoms with van der Waals surface area (Å²) >= 11 is 0. The highest BCUT2D eigenvalue weighted by atomic mass is 32.2. The zero-order chi connectivity index (χ0) is 57.2. The number of benzene rings is 2. The van der Waals surface area contributed by atoms with Crippen LogP contribution in [0.3, 0.4) is 0 Å². The van der Waals surface area contributed by atoms with Gasteiger partial charge in [-0.1, -0.05) is 24.3 Å². The number of carbonyl (C=O) groups is 4. The van der Waals surface area contributed by atoms with E-state index in [-0.39, 0.29) is 100 Å². The van der Waals surface area contributed by atoms with Gasteiger partial charge in [0.2, 0.25) is 0 Å². The molecule has 4 heterocycles. The monoisotopic (exact) mass is 1110 g/mol. The van der Waals surface area contributed by atoms with E-state index in [0.717, 1.165) is 11.1 Å². The maximum Gasteiger partial charge on any atom is 0.272 e. The first kappa shape index (κ1) is 59.1. The van der Waals surface area contributed by atoms with Crippen molar-refractivity contribution in [2.75, 3.05) is 52.6 Å². The number of nitrogens with one attached hydrogen (secondary N) is 2. The number of hydrogen-bond acceptors (Lipinski definition) is 16. The molecule has 2 aliphatic heterocycles. The van der Waals surface area contributed by atoms with E-state index in [1.165, 1.54) is 9.36 Å². The average molecular weight is 1120 g/mol. The Kier molecular flexibility index (Phi) is 17.5. The minimum absolute atomic E-state index is 0.0449. The molecule has 2 unspecified atom stereocenters. The van der Waals surface area contributed by atoms with Crippen molar-refractivity contribution in [2.45, 2.75) is 124 Å². The van der Waals surface area contributed by atoms with Crippen LogP contribution in [0.2, 0.25) is 0 Å². The summed E-state index contributed by atoms with van der Waals surface area (Å²) in [7, 11) is -4.17. The smallest absolute Gasteiger partial charge is 0.272 e. The van der Waals surface area contributed by atoms with Crippen molar-refractivity contribution < 1.29 is 55.7 Å². The Balaban J connectivity index is 0.000000226. The first-order valence-corrected chi connectivity index (χ1v) is 28.8. The Morgan fingerprint density at radius 3 is 1.28 bits per heavy atom. The Morgan fingerprint density at radius 2 is 0.987 bits per heavy atom. The van der Waals surface area contributed by atoms with Gasteiger partial charge in [-0.3, -0.25) is 28.5 Å². The maximum atomic E-state index is 13.7. The summed E-state index contributed by atoms with van der Waals surface area (Å²) in [5.74, 6) is -1.50. The average Bonchev–Trinajstić information content (AvgIpc) is 4.48. The highest BCUT2D eigenvalue weighted by Crippen LogP contribution is 2.50. The summed E-state index contributed by atoms with van der Waals surface area (Å²) in [5.41, 5.74) is 4.75. The van der Waals surface area contributed by atoms with Crippen LogP contribution in [0, 0.1) is 22.7 Å². The fourth-order valence-corrected chi connectivity index (χ4v) is 14.8. The van der Waals surface area contributed by atoms with Crippen LogP contribution >= 0.6 is 0 Å². The van der Waals surface area contributed by atoms with Crippen LogP contribution < -0.4 is 10.6 Å². The third kappa shape index (κ3) is 12.2. The molecular formula is C54H70N10O12S2. The van der Waals surface area contributed by atoms with Crippen LogP contribution in [0.25, 0.3) is 0 Å². The van der Waals surface area contributed by atoms with Crippen LogP contribution in [0.4, 0.5) is 0 Å². The molecule has 4 aromatic rings. The number of amides is 4. The van der Waals surface area contributed by atoms with Crippen molar-refractivity contribution in [3.63, 3.8) is 0 Å². The van der Waals surface area contributed by atoms with Crippen molar-refractivity contribution in [2.24, 2.45) is 14.1 Å². The molecule has 0 saturated heterocycles. The summed E-state index contributed by atoms with van der Waals surface area (Å²) in [6, 6.07) is 17.8. The number of aromatic nitrogens is 4. The molecule has 420 valence electrons. The zero-order valence-electron chi connectivity index (χ0n) is 45.5. The van der Waals surface area contributed by atoms with Gasteiger partial charge < -0.3 is 40.1 Å². The minimum atomic E-state index is -3.69. The van der Waals surface area contributed by atoms with Crippen molar-refractivity contribution in [1.82, 2.24) is 40.0 Å². The first-order valence-electron chi connectivity index (χ1n) is 25.9. The van der Waals surface area contributed by atoms with E-state index in [2.05, 4.69) is 33.0 Å². The van der Waals surface area contributed by atoms with Crippen molar-refractivity contribution in [3.05, 3.63) is 105 Å². The predicted molar refractivity (Wildman–Crippen MR) is 285 cm³/mol. The minimum Gasteiger partial charge on any atom is -0.391 e. The van der Waals surface area contributed by atoms with Crippen molar-refractivity contribution in [3.8, 4) is 12.1 Å². The van der Waals surface area contributed by atoms with Crippen molar-refractivity contribution in [1.29, 1.82) is 10.5 Å². The Morgan fingerprint density at radius 1 is 0.654 bits per heavy atom. The third-order valence-corrected chi connectivity index (χ3v) is 21.3. The van der Waals surface area contributed by atoms with Crippen LogP contribution in [0.1, 0.15) is 143 Å². The van der Waals surface area contributed by atoms with E-state index in [9.17, 15) is 46.2 Å². The highest BCUT2D eigenvalue weighted by molar-refractivity contribution is 7.94. The number of nitrogens with zero attached hydrogens (tertiary/aromatic N) is 8. The molecule has 24 heteroatoms. The van der Waals surface area contributed by atoms with E-state index in [0.29, 0.717) is 60.8 Å². The molecule has 2 aromatic carbocycles. The van der Waals surface area contributed by atoms with Crippen LogP contribution in [0.5, 0.6) is 0 Å². The number of aryl methyl sites for hydroxylation is 2. The van der Waals surface area contributed by atoms with Gasteiger partial charge in [-0.2, -0.15) is 20.7 Å². The Labute approximate surface area is 455 Å². The number of sulfone groups is 2. The van der Waals surface area contributed by atoms with Gasteiger partial charge in [0.25, 0.3) is 23.6 Å². The third-order valence-electron chi connectivity index (χ3n) is 14.8. The number of aliphatic hydroxyl groups is 2. The number of carbonyl (C=O) groups excluding carboxylic acids is 4. The number of fused-ring (bicyclic) bond motifs is 2. The van der Waals surface area contributed by atoms with E-state index in [1.54, 1.807) is 114 Å². The molecule has 0 spiro atoms. The number of aliphatic hydroxyl groups excluding tert-OH is 2. The number of ether oxygens (including phenoxy) is 2. The number of nitriles is 2. The molecule has 2 aliphatic carbocycles. The summed E-state index contributed by atoms with van der Waals surface area (Å²) in [4.78, 5) is 56.0. The molecule has 2 fully saturated rings. The van der Waals surface area contributed by atoms with Gasteiger partial charge in [0.15, 0.2) is 31.1 Å².